The Balaban J connectivity index is 1.94. The second-order valence-corrected chi connectivity index (χ2v) is 6.98. The molecule has 0 aliphatic carbocycles. The summed E-state index contributed by atoms with van der Waals surface area (Å²) in [5.74, 6) is -1.41. The summed E-state index contributed by atoms with van der Waals surface area (Å²) in [7, 11) is 0. The first-order valence-electron chi connectivity index (χ1n) is 8.37. The molecule has 0 spiro atoms. The van der Waals surface area contributed by atoms with Crippen LogP contribution in [0, 0.1) is 5.41 Å². The lowest BCUT2D eigenvalue weighted by atomic mass is 9.74. The van der Waals surface area contributed by atoms with Crippen LogP contribution >= 0.6 is 11.6 Å². The summed E-state index contributed by atoms with van der Waals surface area (Å²) in [5, 5.41) is 21.1. The molecule has 134 valence electrons. The Kier molecular flexibility index (Phi) is 4.75. The number of fused-ring (bicyclic) bond motifs is 1. The van der Waals surface area contributed by atoms with Crippen molar-refractivity contribution in [2.45, 2.75) is 32.3 Å². The van der Waals surface area contributed by atoms with E-state index in [2.05, 4.69) is 4.98 Å². The first-order chi connectivity index (χ1) is 11.9. The molecule has 25 heavy (non-hydrogen) atoms. The van der Waals surface area contributed by atoms with E-state index in [1.54, 1.807) is 0 Å². The number of halogens is 1. The maximum atomic E-state index is 12.9. The molecule has 1 fully saturated rings. The number of H-pyrrole nitrogens is 1. The molecule has 7 heteroatoms. The molecule has 2 atom stereocenters. The number of aromatic nitrogens is 1. The quantitative estimate of drug-likeness (QED) is 0.777. The molecular weight excluding hydrogens is 344 g/mol. The topological polar surface area (TPSA) is 93.6 Å². The Morgan fingerprint density at radius 3 is 2.76 bits per heavy atom. The summed E-state index contributed by atoms with van der Waals surface area (Å²) in [4.78, 5) is 29.3. The van der Waals surface area contributed by atoms with Crippen molar-refractivity contribution < 1.29 is 19.8 Å². The van der Waals surface area contributed by atoms with Crippen molar-refractivity contribution in [3.05, 3.63) is 35.0 Å². The second kappa shape index (κ2) is 6.69. The van der Waals surface area contributed by atoms with Crippen LogP contribution in [0.3, 0.4) is 0 Å². The number of hydrogen-bond donors (Lipinski definition) is 3. The average molecular weight is 365 g/mol. The van der Waals surface area contributed by atoms with Gasteiger partial charge in [-0.2, -0.15) is 0 Å². The Labute approximate surface area is 150 Å². The Bertz CT molecular complexity index is 819. The zero-order valence-electron chi connectivity index (χ0n) is 14.0. The Morgan fingerprint density at radius 2 is 2.12 bits per heavy atom. The molecule has 6 nitrogen and oxygen atoms in total. The highest BCUT2D eigenvalue weighted by molar-refractivity contribution is 6.38. The number of carbonyl (C=O) groups is 2. The molecule has 1 aromatic carbocycles. The minimum atomic E-state index is -1.33. The average Bonchev–Trinajstić information content (AvgIpc) is 2.93. The number of carbonyl (C=O) groups excluding carboxylic acids is 1. The number of aliphatic hydroxyl groups is 1. The van der Waals surface area contributed by atoms with E-state index >= 15 is 0 Å². The van der Waals surface area contributed by atoms with Crippen LogP contribution in [0.4, 0.5) is 0 Å². The molecule has 1 aromatic heterocycles. The van der Waals surface area contributed by atoms with Gasteiger partial charge in [-0.15, -0.1) is 0 Å². The predicted octanol–water partition coefficient (Wildman–Crippen LogP) is 2.90. The summed E-state index contributed by atoms with van der Waals surface area (Å²) in [5.41, 5.74) is -0.317. The standard InChI is InChI=1S/C18H21ClN2O4/c1-2-8-18(17(24)25)10-21(9-7-13(18)22)16(23)15-14(19)11-5-3-4-6-12(11)20-15/h3-6,13,20,22H,2,7-10H2,1H3,(H,24,25)/t13-,18-/m0/s1. The summed E-state index contributed by atoms with van der Waals surface area (Å²) in [6.07, 6.45) is 0.189. The second-order valence-electron chi connectivity index (χ2n) is 6.60. The van der Waals surface area contributed by atoms with E-state index in [4.69, 9.17) is 11.6 Å². The van der Waals surface area contributed by atoms with Crippen LogP contribution < -0.4 is 0 Å². The van der Waals surface area contributed by atoms with Crippen LogP contribution in [0.2, 0.25) is 5.02 Å². The van der Waals surface area contributed by atoms with E-state index in [1.165, 1.54) is 4.90 Å². The van der Waals surface area contributed by atoms with E-state index < -0.39 is 17.5 Å². The number of piperidine rings is 1. The van der Waals surface area contributed by atoms with Gasteiger partial charge in [0, 0.05) is 24.0 Å². The largest absolute Gasteiger partial charge is 0.481 e. The van der Waals surface area contributed by atoms with Crippen LogP contribution in [-0.2, 0) is 4.79 Å². The van der Waals surface area contributed by atoms with Gasteiger partial charge >= 0.3 is 5.97 Å². The van der Waals surface area contributed by atoms with Crippen LogP contribution in [0.25, 0.3) is 10.9 Å². The van der Waals surface area contributed by atoms with Crippen LogP contribution in [0.5, 0.6) is 0 Å². The van der Waals surface area contributed by atoms with E-state index in [9.17, 15) is 19.8 Å². The van der Waals surface area contributed by atoms with Crippen molar-refractivity contribution in [3.8, 4) is 0 Å². The third kappa shape index (κ3) is 2.89. The van der Waals surface area contributed by atoms with Crippen molar-refractivity contribution in [2.75, 3.05) is 13.1 Å². The number of likely N-dealkylation sites (tertiary alicyclic amines) is 1. The molecule has 1 aliphatic rings. The van der Waals surface area contributed by atoms with Crippen molar-refractivity contribution in [1.82, 2.24) is 9.88 Å². The normalized spacial score (nSPS) is 23.8. The third-order valence-corrected chi connectivity index (χ3v) is 5.44. The molecule has 3 N–H and O–H groups in total. The van der Waals surface area contributed by atoms with E-state index in [-0.39, 0.29) is 24.6 Å². The maximum Gasteiger partial charge on any atom is 0.314 e. The summed E-state index contributed by atoms with van der Waals surface area (Å²) >= 11 is 6.35. The molecular formula is C18H21ClN2O4. The summed E-state index contributed by atoms with van der Waals surface area (Å²) in [6.45, 7) is 2.14. The molecule has 0 unspecified atom stereocenters. The highest BCUT2D eigenvalue weighted by Gasteiger charge is 2.49. The highest BCUT2D eigenvalue weighted by Crippen LogP contribution is 2.37. The highest BCUT2D eigenvalue weighted by atomic mass is 35.5. The van der Waals surface area contributed by atoms with Gasteiger partial charge in [-0.3, -0.25) is 9.59 Å². The first kappa shape index (κ1) is 17.8. The fraction of sp³-hybridized carbons (Fsp3) is 0.444. The van der Waals surface area contributed by atoms with E-state index in [1.807, 2.05) is 31.2 Å². The van der Waals surface area contributed by atoms with E-state index in [0.29, 0.717) is 24.4 Å². The van der Waals surface area contributed by atoms with Crippen LogP contribution in [0.1, 0.15) is 36.7 Å². The van der Waals surface area contributed by atoms with Crippen molar-refractivity contribution >= 4 is 34.4 Å². The number of hydrogen-bond acceptors (Lipinski definition) is 3. The van der Waals surface area contributed by atoms with Gasteiger partial charge in [-0.05, 0) is 18.9 Å². The number of aromatic amines is 1. The van der Waals surface area contributed by atoms with Crippen molar-refractivity contribution in [2.24, 2.45) is 5.41 Å². The van der Waals surface area contributed by atoms with Crippen molar-refractivity contribution in [3.63, 3.8) is 0 Å². The lowest BCUT2D eigenvalue weighted by Gasteiger charge is -2.43. The smallest absolute Gasteiger partial charge is 0.314 e. The van der Waals surface area contributed by atoms with Gasteiger partial charge in [-0.25, -0.2) is 0 Å². The molecule has 0 bridgehead atoms. The zero-order chi connectivity index (χ0) is 18.2. The van der Waals surface area contributed by atoms with Gasteiger partial charge in [0.15, 0.2) is 0 Å². The number of aliphatic carboxylic acids is 1. The minimum Gasteiger partial charge on any atom is -0.481 e. The number of amides is 1. The summed E-state index contributed by atoms with van der Waals surface area (Å²) < 4.78 is 0. The number of nitrogens with zero attached hydrogens (tertiary/aromatic N) is 1. The van der Waals surface area contributed by atoms with Crippen LogP contribution in [-0.4, -0.2) is 51.2 Å². The maximum absolute atomic E-state index is 12.9. The molecule has 2 aromatic rings. The Hall–Kier alpha value is -2.05. The molecule has 1 aliphatic heterocycles. The fourth-order valence-electron chi connectivity index (χ4n) is 3.67. The van der Waals surface area contributed by atoms with Gasteiger partial charge in [0.2, 0.25) is 0 Å². The first-order valence-corrected chi connectivity index (χ1v) is 8.75. The molecule has 3 rings (SSSR count). The molecule has 1 amide bonds. The van der Waals surface area contributed by atoms with Gasteiger partial charge in [-0.1, -0.05) is 43.1 Å². The SMILES string of the molecule is CCC[C@]1(C(=O)O)CN(C(=O)c2[nH]c3ccccc3c2Cl)CC[C@@H]1O. The number of benzene rings is 1. The lowest BCUT2D eigenvalue weighted by Crippen LogP contribution is -2.57. The van der Waals surface area contributed by atoms with Crippen LogP contribution in [0.15, 0.2) is 24.3 Å². The zero-order valence-corrected chi connectivity index (χ0v) is 14.7. The number of carboxylic acids is 1. The molecule has 0 radical (unpaired) electrons. The minimum absolute atomic E-state index is 0.0259. The lowest BCUT2D eigenvalue weighted by molar-refractivity contribution is -0.162. The number of para-hydroxylation sites is 1. The number of rotatable bonds is 4. The molecule has 2 heterocycles. The van der Waals surface area contributed by atoms with E-state index in [0.717, 1.165) is 10.9 Å². The monoisotopic (exact) mass is 364 g/mol. The Morgan fingerprint density at radius 1 is 1.40 bits per heavy atom. The number of nitrogens with one attached hydrogen (secondary N) is 1. The van der Waals surface area contributed by atoms with Gasteiger partial charge in [0.05, 0.1) is 11.1 Å². The predicted molar refractivity (Wildman–Crippen MR) is 94.8 cm³/mol. The van der Waals surface area contributed by atoms with Gasteiger partial charge in [0.1, 0.15) is 11.1 Å². The van der Waals surface area contributed by atoms with Gasteiger partial charge in [0.25, 0.3) is 5.91 Å². The summed E-state index contributed by atoms with van der Waals surface area (Å²) in [6, 6.07) is 7.34. The fourth-order valence-corrected chi connectivity index (χ4v) is 3.97. The number of carboxylic acid groups (broad SMARTS) is 1. The van der Waals surface area contributed by atoms with Crippen molar-refractivity contribution in [1.29, 1.82) is 0 Å². The molecule has 0 saturated carbocycles. The third-order valence-electron chi connectivity index (χ3n) is 5.05. The van der Waals surface area contributed by atoms with Gasteiger partial charge < -0.3 is 20.1 Å². The number of aliphatic hydroxyl groups excluding tert-OH is 1. The molecule has 1 saturated heterocycles.